The van der Waals surface area contributed by atoms with Gasteiger partial charge in [0.25, 0.3) is 5.91 Å². The molecule has 1 amide bonds. The average Bonchev–Trinajstić information content (AvgIpc) is 3.24. The fourth-order valence-electron chi connectivity index (χ4n) is 3.85. The van der Waals surface area contributed by atoms with Crippen LogP contribution in [0.4, 0.5) is 13.2 Å². The summed E-state index contributed by atoms with van der Waals surface area (Å²) in [6, 6.07) is 5.47. The van der Waals surface area contributed by atoms with Crippen molar-refractivity contribution < 1.29 is 18.0 Å². The molecule has 5 nitrogen and oxygen atoms in total. The molecule has 3 aromatic rings. The maximum Gasteiger partial charge on any atom is 0.433 e. The van der Waals surface area contributed by atoms with E-state index in [0.29, 0.717) is 38.7 Å². The summed E-state index contributed by atoms with van der Waals surface area (Å²) < 4.78 is 42.2. The minimum atomic E-state index is -4.66. The van der Waals surface area contributed by atoms with Crippen molar-refractivity contribution in [2.75, 3.05) is 13.1 Å². The first-order valence-corrected chi connectivity index (χ1v) is 10.3. The second-order valence-corrected chi connectivity index (χ2v) is 9.30. The number of piperidine rings is 1. The normalized spacial score (nSPS) is 20.4. The summed E-state index contributed by atoms with van der Waals surface area (Å²) in [6.45, 7) is 5.24. The Morgan fingerprint density at radius 2 is 1.90 bits per heavy atom. The van der Waals surface area contributed by atoms with Gasteiger partial charge in [0.2, 0.25) is 0 Å². The number of amides is 1. The standard InChI is InChI=1S/C19H18ClF3N4OS/c1-10-5-11(2)9-26(8-10)18(28)13-7-17-24-12(14-3-4-16(20)29-14)6-15(19(21,22)23)27(17)25-13/h3-4,6-7,10-11H,5,8-9H2,1-2H3/t10-,11+. The molecular formula is C19H18ClF3N4OS. The van der Waals surface area contributed by atoms with Crippen LogP contribution in [0.15, 0.2) is 24.3 Å². The van der Waals surface area contributed by atoms with Gasteiger partial charge in [-0.2, -0.15) is 18.3 Å². The zero-order chi connectivity index (χ0) is 20.9. The van der Waals surface area contributed by atoms with Crippen LogP contribution in [0, 0.1) is 11.8 Å². The van der Waals surface area contributed by atoms with Gasteiger partial charge in [0.15, 0.2) is 17.0 Å². The average molecular weight is 443 g/mol. The summed E-state index contributed by atoms with van der Waals surface area (Å²) in [7, 11) is 0. The summed E-state index contributed by atoms with van der Waals surface area (Å²) in [5, 5.41) is 3.96. The molecule has 154 valence electrons. The second-order valence-electron chi connectivity index (χ2n) is 7.58. The Bertz CT molecular complexity index is 1070. The van der Waals surface area contributed by atoms with Gasteiger partial charge in [0.05, 0.1) is 14.9 Å². The van der Waals surface area contributed by atoms with E-state index < -0.39 is 11.9 Å². The Morgan fingerprint density at radius 3 is 2.48 bits per heavy atom. The van der Waals surface area contributed by atoms with E-state index in [-0.39, 0.29) is 22.9 Å². The van der Waals surface area contributed by atoms with Crippen LogP contribution in [0.3, 0.4) is 0 Å². The molecule has 0 radical (unpaired) electrons. The molecule has 0 aromatic carbocycles. The number of aromatic nitrogens is 3. The van der Waals surface area contributed by atoms with Crippen molar-refractivity contribution in [1.29, 1.82) is 0 Å². The number of rotatable bonds is 2. The molecule has 0 saturated carbocycles. The van der Waals surface area contributed by atoms with E-state index in [9.17, 15) is 18.0 Å². The van der Waals surface area contributed by atoms with Crippen LogP contribution in [0.5, 0.6) is 0 Å². The van der Waals surface area contributed by atoms with Gasteiger partial charge in [-0.25, -0.2) is 9.50 Å². The molecule has 1 fully saturated rings. The van der Waals surface area contributed by atoms with E-state index >= 15 is 0 Å². The van der Waals surface area contributed by atoms with Gasteiger partial charge in [0.1, 0.15) is 0 Å². The van der Waals surface area contributed by atoms with Crippen molar-refractivity contribution in [3.63, 3.8) is 0 Å². The quantitative estimate of drug-likeness (QED) is 0.544. The monoisotopic (exact) mass is 442 g/mol. The van der Waals surface area contributed by atoms with Gasteiger partial charge in [-0.15, -0.1) is 11.3 Å². The van der Waals surface area contributed by atoms with Crippen molar-refractivity contribution in [2.45, 2.75) is 26.4 Å². The highest BCUT2D eigenvalue weighted by molar-refractivity contribution is 7.19. The highest BCUT2D eigenvalue weighted by Crippen LogP contribution is 2.35. The maximum atomic E-state index is 13.7. The molecule has 1 aliphatic heterocycles. The highest BCUT2D eigenvalue weighted by Gasteiger charge is 2.36. The lowest BCUT2D eigenvalue weighted by Crippen LogP contribution is -2.42. The molecule has 4 heterocycles. The van der Waals surface area contributed by atoms with Crippen molar-refractivity contribution in [2.24, 2.45) is 11.8 Å². The fraction of sp³-hybridized carbons (Fsp3) is 0.421. The number of hydrogen-bond acceptors (Lipinski definition) is 4. The Balaban J connectivity index is 1.79. The van der Waals surface area contributed by atoms with E-state index in [2.05, 4.69) is 23.9 Å². The molecule has 0 unspecified atom stereocenters. The molecule has 4 rings (SSSR count). The zero-order valence-electron chi connectivity index (χ0n) is 15.7. The summed E-state index contributed by atoms with van der Waals surface area (Å²) in [5.74, 6) is 0.292. The van der Waals surface area contributed by atoms with Gasteiger partial charge < -0.3 is 4.90 Å². The number of carbonyl (C=O) groups is 1. The summed E-state index contributed by atoms with van der Waals surface area (Å²) in [6.07, 6.45) is -3.64. The lowest BCUT2D eigenvalue weighted by atomic mass is 9.92. The van der Waals surface area contributed by atoms with Crippen molar-refractivity contribution >= 4 is 34.5 Å². The molecule has 29 heavy (non-hydrogen) atoms. The van der Waals surface area contributed by atoms with E-state index in [1.54, 1.807) is 17.0 Å². The maximum absolute atomic E-state index is 13.7. The zero-order valence-corrected chi connectivity index (χ0v) is 17.3. The van der Waals surface area contributed by atoms with Crippen LogP contribution in [-0.4, -0.2) is 38.5 Å². The topological polar surface area (TPSA) is 50.5 Å². The number of halogens is 4. The summed E-state index contributed by atoms with van der Waals surface area (Å²) in [5.41, 5.74) is -0.909. The number of thiophene rings is 1. The van der Waals surface area contributed by atoms with Gasteiger partial charge in [0, 0.05) is 19.2 Å². The summed E-state index contributed by atoms with van der Waals surface area (Å²) in [4.78, 5) is 19.4. The number of carbonyl (C=O) groups excluding carboxylic acids is 1. The van der Waals surface area contributed by atoms with Crippen LogP contribution in [0.25, 0.3) is 16.2 Å². The first kappa shape index (κ1) is 20.2. The first-order valence-electron chi connectivity index (χ1n) is 9.15. The number of alkyl halides is 3. The SMILES string of the molecule is C[C@@H]1C[C@H](C)CN(C(=O)c2cc3nc(-c4ccc(Cl)s4)cc(C(F)(F)F)n3n2)C1. The minimum Gasteiger partial charge on any atom is -0.337 e. The van der Waals surface area contributed by atoms with E-state index in [0.717, 1.165) is 23.8 Å². The molecule has 0 bridgehead atoms. The Kier molecular flexibility index (Phi) is 5.06. The number of nitrogens with zero attached hydrogens (tertiary/aromatic N) is 4. The van der Waals surface area contributed by atoms with Crippen molar-refractivity contribution in [3.05, 3.63) is 40.0 Å². The lowest BCUT2D eigenvalue weighted by molar-refractivity contribution is -0.142. The van der Waals surface area contributed by atoms with Crippen molar-refractivity contribution in [3.8, 4) is 10.6 Å². The van der Waals surface area contributed by atoms with E-state index in [1.165, 1.54) is 6.07 Å². The van der Waals surface area contributed by atoms with Crippen LogP contribution < -0.4 is 0 Å². The summed E-state index contributed by atoms with van der Waals surface area (Å²) >= 11 is 7.05. The first-order chi connectivity index (χ1) is 13.6. The van der Waals surface area contributed by atoms with E-state index in [1.807, 2.05) is 0 Å². The minimum absolute atomic E-state index is 0.0270. The number of hydrogen-bond donors (Lipinski definition) is 0. The Hall–Kier alpha value is -2.13. The molecule has 1 aliphatic rings. The molecule has 0 N–H and O–H groups in total. The van der Waals surface area contributed by atoms with E-state index in [4.69, 9.17) is 11.6 Å². The molecule has 10 heteroatoms. The third-order valence-electron chi connectivity index (χ3n) is 4.92. The second kappa shape index (κ2) is 7.28. The predicted octanol–water partition coefficient (Wildman–Crippen LogP) is 5.25. The Morgan fingerprint density at radius 1 is 1.21 bits per heavy atom. The third-order valence-corrected chi connectivity index (χ3v) is 6.17. The van der Waals surface area contributed by atoms with Crippen LogP contribution in [-0.2, 0) is 6.18 Å². The number of likely N-dealkylation sites (tertiary alicyclic amines) is 1. The van der Waals surface area contributed by atoms with Crippen molar-refractivity contribution in [1.82, 2.24) is 19.5 Å². The molecule has 3 aromatic heterocycles. The smallest absolute Gasteiger partial charge is 0.337 e. The van der Waals surface area contributed by atoms with Gasteiger partial charge >= 0.3 is 6.18 Å². The van der Waals surface area contributed by atoms with Crippen LogP contribution in [0.1, 0.15) is 36.5 Å². The van der Waals surface area contributed by atoms with Crippen LogP contribution >= 0.6 is 22.9 Å². The molecule has 0 aliphatic carbocycles. The fourth-order valence-corrected chi connectivity index (χ4v) is 4.85. The molecule has 0 spiro atoms. The predicted molar refractivity (Wildman–Crippen MR) is 105 cm³/mol. The molecule has 2 atom stereocenters. The molecule has 1 saturated heterocycles. The molecular weight excluding hydrogens is 425 g/mol. The lowest BCUT2D eigenvalue weighted by Gasteiger charge is -2.34. The third kappa shape index (κ3) is 3.98. The van der Waals surface area contributed by atoms with Crippen LogP contribution in [0.2, 0.25) is 4.34 Å². The van der Waals surface area contributed by atoms with Gasteiger partial charge in [-0.05, 0) is 36.5 Å². The Labute approximate surface area is 174 Å². The number of fused-ring (bicyclic) bond motifs is 1. The van der Waals surface area contributed by atoms with Gasteiger partial charge in [-0.3, -0.25) is 4.79 Å². The highest BCUT2D eigenvalue weighted by atomic mass is 35.5. The largest absolute Gasteiger partial charge is 0.433 e. The van der Waals surface area contributed by atoms with Gasteiger partial charge in [-0.1, -0.05) is 25.4 Å².